The van der Waals surface area contributed by atoms with Crippen LogP contribution in [0.3, 0.4) is 0 Å². The molecule has 2 aromatic heterocycles. The Bertz CT molecular complexity index is 1270. The van der Waals surface area contributed by atoms with Gasteiger partial charge in [-0.25, -0.2) is 14.8 Å². The van der Waals surface area contributed by atoms with E-state index in [1.165, 1.54) is 7.11 Å². The van der Waals surface area contributed by atoms with Crippen molar-refractivity contribution in [2.75, 3.05) is 26.9 Å². The molecular weight excluding hydrogens is 424 g/mol. The van der Waals surface area contributed by atoms with Crippen LogP contribution in [0, 0.1) is 0 Å². The highest BCUT2D eigenvalue weighted by molar-refractivity contribution is 5.89. The Labute approximate surface area is 189 Å². The van der Waals surface area contributed by atoms with E-state index in [1.54, 1.807) is 49.5 Å². The maximum absolute atomic E-state index is 11.6. The Morgan fingerprint density at radius 2 is 1.67 bits per heavy atom. The van der Waals surface area contributed by atoms with Crippen LogP contribution in [-0.2, 0) is 4.74 Å². The number of anilines is 1. The first-order valence-electron chi connectivity index (χ1n) is 9.97. The fraction of sp³-hybridized carbons (Fsp3) is 0.174. The van der Waals surface area contributed by atoms with E-state index in [2.05, 4.69) is 20.2 Å². The minimum absolute atomic E-state index is 0.119. The molecule has 0 fully saturated rings. The maximum Gasteiger partial charge on any atom is 0.337 e. The Hall–Kier alpha value is -4.15. The second-order valence-corrected chi connectivity index (χ2v) is 7.43. The van der Waals surface area contributed by atoms with Gasteiger partial charge in [-0.1, -0.05) is 24.3 Å². The quantitative estimate of drug-likeness (QED) is 0.335. The number of nitrogen functional groups attached to an aromatic ring is 1. The Balaban J connectivity index is 1.61. The van der Waals surface area contributed by atoms with E-state index in [4.69, 9.17) is 14.9 Å². The summed E-state index contributed by atoms with van der Waals surface area (Å²) in [5, 5.41) is 18.3. The Morgan fingerprint density at radius 3 is 2.30 bits per heavy atom. The number of hydrogen-bond donors (Lipinski definition) is 2. The molecule has 0 saturated heterocycles. The summed E-state index contributed by atoms with van der Waals surface area (Å²) < 4.78 is 10.5. The number of hydrogen-bond acceptors (Lipinski definition) is 10. The minimum Gasteiger partial charge on any atom is -0.465 e. The average molecular weight is 446 g/mol. The van der Waals surface area contributed by atoms with Crippen LogP contribution in [0.2, 0.25) is 0 Å². The van der Waals surface area contributed by atoms with Crippen molar-refractivity contribution >= 4 is 11.8 Å². The third-order valence-corrected chi connectivity index (χ3v) is 4.98. The van der Waals surface area contributed by atoms with E-state index in [1.807, 2.05) is 24.3 Å². The molecule has 0 spiro atoms. The number of carbonyl (C=O) groups is 1. The largest absolute Gasteiger partial charge is 0.465 e. The minimum atomic E-state index is -0.703. The van der Waals surface area contributed by atoms with E-state index >= 15 is 0 Å². The van der Waals surface area contributed by atoms with Crippen molar-refractivity contribution in [3.8, 4) is 34.3 Å². The van der Waals surface area contributed by atoms with Crippen molar-refractivity contribution in [1.82, 2.24) is 25.1 Å². The zero-order valence-electron chi connectivity index (χ0n) is 18.3. The molecule has 1 atom stereocenters. The number of nitrogens with zero attached hydrogens (tertiary/aromatic N) is 5. The first-order chi connectivity index (χ1) is 15.9. The lowest BCUT2D eigenvalue weighted by atomic mass is 10.1. The summed E-state index contributed by atoms with van der Waals surface area (Å²) in [6.07, 6.45) is 0.851. The number of methoxy groups -OCH3 is 1. The molecule has 0 aliphatic rings. The van der Waals surface area contributed by atoms with E-state index in [0.717, 1.165) is 11.1 Å². The van der Waals surface area contributed by atoms with Gasteiger partial charge in [-0.2, -0.15) is 0 Å². The van der Waals surface area contributed by atoms with Crippen LogP contribution >= 0.6 is 0 Å². The number of nitrogens with two attached hydrogens (primary N) is 1. The second kappa shape index (κ2) is 9.15. The predicted octanol–water partition coefficient (Wildman–Crippen LogP) is 2.78. The van der Waals surface area contributed by atoms with E-state index < -0.39 is 12.2 Å². The fourth-order valence-electron chi connectivity index (χ4n) is 3.12. The van der Waals surface area contributed by atoms with E-state index in [9.17, 15) is 9.90 Å². The number of esters is 1. The molecule has 33 heavy (non-hydrogen) atoms. The van der Waals surface area contributed by atoms with Crippen LogP contribution < -0.4 is 5.73 Å². The van der Waals surface area contributed by atoms with Crippen LogP contribution in [0.5, 0.6) is 0 Å². The van der Waals surface area contributed by atoms with Crippen LogP contribution in [0.15, 0.2) is 59.1 Å². The van der Waals surface area contributed by atoms with E-state index in [0.29, 0.717) is 16.8 Å². The van der Waals surface area contributed by atoms with Crippen molar-refractivity contribution < 1.29 is 19.1 Å². The van der Waals surface area contributed by atoms with Gasteiger partial charge in [0, 0.05) is 11.1 Å². The monoisotopic (exact) mass is 446 g/mol. The number of aromatic nitrogens is 4. The van der Waals surface area contributed by atoms with Gasteiger partial charge in [0.25, 0.3) is 5.89 Å². The SMILES string of the molecule is COC(=O)c1ccc(-c2nnc(-c3nc(-c4ccc(C(O)N(C)C)cc4)cnc3N)o2)cc1. The van der Waals surface area contributed by atoms with Gasteiger partial charge in [0.15, 0.2) is 11.5 Å². The highest BCUT2D eigenvalue weighted by atomic mass is 16.5. The van der Waals surface area contributed by atoms with Crippen molar-refractivity contribution in [2.24, 2.45) is 0 Å². The highest BCUT2D eigenvalue weighted by Crippen LogP contribution is 2.28. The van der Waals surface area contributed by atoms with Gasteiger partial charge in [0.05, 0.1) is 24.6 Å². The summed E-state index contributed by atoms with van der Waals surface area (Å²) in [4.78, 5) is 22.1. The predicted molar refractivity (Wildman–Crippen MR) is 121 cm³/mol. The Morgan fingerprint density at radius 1 is 1.03 bits per heavy atom. The summed E-state index contributed by atoms with van der Waals surface area (Å²) in [5.74, 6) is 0.0788. The van der Waals surface area contributed by atoms with Gasteiger partial charge >= 0.3 is 5.97 Å². The average Bonchev–Trinajstić information content (AvgIpc) is 3.33. The molecular formula is C23H22N6O4. The lowest BCUT2D eigenvalue weighted by Gasteiger charge is -2.18. The topological polar surface area (TPSA) is 140 Å². The van der Waals surface area contributed by atoms with Crippen molar-refractivity contribution in [1.29, 1.82) is 0 Å². The fourth-order valence-corrected chi connectivity index (χ4v) is 3.12. The third kappa shape index (κ3) is 4.56. The molecule has 0 saturated carbocycles. The molecule has 0 amide bonds. The van der Waals surface area contributed by atoms with Crippen LogP contribution in [0.1, 0.15) is 22.1 Å². The third-order valence-electron chi connectivity index (χ3n) is 4.98. The summed E-state index contributed by atoms with van der Waals surface area (Å²) in [7, 11) is 4.91. The van der Waals surface area contributed by atoms with Gasteiger partial charge in [-0.3, -0.25) is 4.90 Å². The van der Waals surface area contributed by atoms with Crippen molar-refractivity contribution in [3.63, 3.8) is 0 Å². The van der Waals surface area contributed by atoms with Crippen molar-refractivity contribution in [2.45, 2.75) is 6.23 Å². The maximum atomic E-state index is 11.6. The van der Waals surface area contributed by atoms with Crippen molar-refractivity contribution in [3.05, 3.63) is 65.9 Å². The number of ether oxygens (including phenoxy) is 1. The summed E-state index contributed by atoms with van der Waals surface area (Å²) in [6, 6.07) is 13.9. The normalized spacial score (nSPS) is 12.0. The zero-order valence-corrected chi connectivity index (χ0v) is 18.3. The molecule has 0 aliphatic carbocycles. The number of aliphatic hydroxyl groups is 1. The molecule has 2 heterocycles. The molecule has 10 nitrogen and oxygen atoms in total. The zero-order chi connectivity index (χ0) is 23.5. The smallest absolute Gasteiger partial charge is 0.337 e. The standard InChI is InChI=1S/C23H22N6O4/c1-29(2)22(30)15-8-4-13(5-9-15)17-12-25-19(24)18(26-17)21-28-27-20(33-21)14-6-10-16(11-7-14)23(31)32-3/h4-12,22,30H,1-3H3,(H2,24,25). The van der Waals surface area contributed by atoms with Gasteiger partial charge in [0.1, 0.15) is 6.23 Å². The first-order valence-corrected chi connectivity index (χ1v) is 9.97. The van der Waals surface area contributed by atoms with Crippen LogP contribution in [0.4, 0.5) is 5.82 Å². The Kier molecular flexibility index (Phi) is 6.11. The van der Waals surface area contributed by atoms with Gasteiger partial charge in [-0.15, -0.1) is 10.2 Å². The molecule has 0 aliphatic heterocycles. The lowest BCUT2D eigenvalue weighted by molar-refractivity contribution is 0.0395. The van der Waals surface area contributed by atoms with Crippen LogP contribution in [-0.4, -0.2) is 57.3 Å². The molecule has 10 heteroatoms. The second-order valence-electron chi connectivity index (χ2n) is 7.43. The summed E-state index contributed by atoms with van der Waals surface area (Å²) >= 11 is 0. The van der Waals surface area contributed by atoms with Crippen LogP contribution in [0.25, 0.3) is 34.3 Å². The first kappa shape index (κ1) is 22.1. The number of benzene rings is 2. The molecule has 0 radical (unpaired) electrons. The molecule has 1 unspecified atom stereocenters. The number of carbonyl (C=O) groups excluding carboxylic acids is 1. The van der Waals surface area contributed by atoms with Gasteiger partial charge in [0.2, 0.25) is 5.89 Å². The molecule has 3 N–H and O–H groups in total. The highest BCUT2D eigenvalue weighted by Gasteiger charge is 2.18. The summed E-state index contributed by atoms with van der Waals surface area (Å²) in [5.41, 5.74) is 9.42. The molecule has 168 valence electrons. The molecule has 4 aromatic rings. The van der Waals surface area contributed by atoms with E-state index in [-0.39, 0.29) is 23.3 Å². The number of aliphatic hydroxyl groups excluding tert-OH is 1. The number of rotatable bonds is 6. The summed E-state index contributed by atoms with van der Waals surface area (Å²) in [6.45, 7) is 0. The van der Waals surface area contributed by atoms with Gasteiger partial charge in [-0.05, 0) is 43.9 Å². The lowest BCUT2D eigenvalue weighted by Crippen LogP contribution is -2.18. The molecule has 0 bridgehead atoms. The molecule has 4 rings (SSSR count). The molecule has 2 aromatic carbocycles. The van der Waals surface area contributed by atoms with Gasteiger partial charge < -0.3 is 20.0 Å².